The third-order valence-electron chi connectivity index (χ3n) is 7.94. The number of nitrogens with two attached hydrogens (primary N) is 1. The van der Waals surface area contributed by atoms with E-state index in [1.165, 1.54) is 32.4 Å². The lowest BCUT2D eigenvalue weighted by atomic mass is 9.72. The van der Waals surface area contributed by atoms with Crippen molar-refractivity contribution in [3.05, 3.63) is 51.6 Å². The number of phenolic OH excluding ortho intramolecular Hbond substituents is 2. The maximum Gasteiger partial charge on any atom is 0.202 e. The Morgan fingerprint density at radius 3 is 2.48 bits per heavy atom. The Bertz CT molecular complexity index is 1390. The Morgan fingerprint density at radius 2 is 1.82 bits per heavy atom. The van der Waals surface area contributed by atoms with E-state index in [9.17, 15) is 34.8 Å². The van der Waals surface area contributed by atoms with Crippen molar-refractivity contribution in [1.29, 1.82) is 0 Å². The van der Waals surface area contributed by atoms with Crippen molar-refractivity contribution in [1.82, 2.24) is 0 Å². The van der Waals surface area contributed by atoms with E-state index in [0.717, 1.165) is 0 Å². The number of hydrogen-bond acceptors (Lipinski definition) is 12. The topological polar surface area (TPSA) is 195 Å². The maximum absolute atomic E-state index is 13.7. The van der Waals surface area contributed by atoms with Crippen molar-refractivity contribution in [3.8, 4) is 17.2 Å². The molecule has 0 saturated carbocycles. The van der Waals surface area contributed by atoms with Crippen LogP contribution in [0.25, 0.3) is 0 Å². The van der Waals surface area contributed by atoms with Gasteiger partial charge in [0.2, 0.25) is 5.78 Å². The summed E-state index contributed by atoms with van der Waals surface area (Å²) in [5.74, 6) is -3.37. The van der Waals surface area contributed by atoms with Crippen molar-refractivity contribution >= 4 is 17.3 Å². The van der Waals surface area contributed by atoms with Crippen LogP contribution in [-0.4, -0.2) is 88.7 Å². The van der Waals surface area contributed by atoms with Gasteiger partial charge in [0, 0.05) is 49.1 Å². The highest BCUT2D eigenvalue weighted by atomic mass is 16.7. The minimum atomic E-state index is -2.11. The highest BCUT2D eigenvalue weighted by molar-refractivity contribution is 6.31. The smallest absolute Gasteiger partial charge is 0.202 e. The van der Waals surface area contributed by atoms with Crippen LogP contribution in [0.5, 0.6) is 17.2 Å². The van der Waals surface area contributed by atoms with Gasteiger partial charge in [0.1, 0.15) is 29.5 Å². The van der Waals surface area contributed by atoms with Gasteiger partial charge in [0.25, 0.3) is 0 Å². The molecular formula is C28H31NO11. The van der Waals surface area contributed by atoms with Gasteiger partial charge in [-0.15, -0.1) is 0 Å². The Kier molecular flexibility index (Phi) is 7.19. The van der Waals surface area contributed by atoms with E-state index in [1.54, 1.807) is 6.92 Å². The van der Waals surface area contributed by atoms with E-state index in [1.807, 2.05) is 0 Å². The highest BCUT2D eigenvalue weighted by Crippen LogP contribution is 2.52. The summed E-state index contributed by atoms with van der Waals surface area (Å²) in [6.07, 6.45) is -4.80. The Labute approximate surface area is 229 Å². The van der Waals surface area contributed by atoms with Gasteiger partial charge in [0.05, 0.1) is 42.1 Å². The average molecular weight is 558 g/mol. The molecule has 1 heterocycles. The molecule has 0 spiro atoms. The largest absolute Gasteiger partial charge is 0.507 e. The van der Waals surface area contributed by atoms with E-state index in [4.69, 9.17) is 24.7 Å². The van der Waals surface area contributed by atoms with Crippen molar-refractivity contribution < 1.29 is 53.8 Å². The lowest BCUT2D eigenvalue weighted by Gasteiger charge is -2.42. The number of hydrogen-bond donors (Lipinski definition) is 5. The number of aromatic hydroxyl groups is 2. The number of aliphatic hydroxyl groups is 2. The van der Waals surface area contributed by atoms with Gasteiger partial charge in [-0.3, -0.25) is 14.4 Å². The summed E-state index contributed by atoms with van der Waals surface area (Å²) in [6, 6.07) is 3.71. The molecule has 2 aromatic carbocycles. The number of fused-ring (bicyclic) bond motifs is 3. The molecule has 40 heavy (non-hydrogen) atoms. The summed E-state index contributed by atoms with van der Waals surface area (Å²) in [5, 5.41) is 44.6. The second-order valence-electron chi connectivity index (χ2n) is 10.4. The van der Waals surface area contributed by atoms with Gasteiger partial charge < -0.3 is 45.1 Å². The minimum Gasteiger partial charge on any atom is -0.507 e. The molecule has 1 aliphatic heterocycles. The first-order valence-corrected chi connectivity index (χ1v) is 12.8. The molecule has 6 N–H and O–H groups in total. The Hall–Kier alpha value is -3.39. The van der Waals surface area contributed by atoms with E-state index >= 15 is 0 Å². The van der Waals surface area contributed by atoms with Crippen LogP contribution in [0.3, 0.4) is 0 Å². The normalized spacial score (nSPS) is 29.4. The molecule has 1 unspecified atom stereocenters. The molecule has 6 atom stereocenters. The molecule has 1 fully saturated rings. The van der Waals surface area contributed by atoms with E-state index < -0.39 is 89.2 Å². The molecule has 12 heteroatoms. The first-order chi connectivity index (χ1) is 18.9. The number of methoxy groups -OCH3 is 2. The summed E-state index contributed by atoms with van der Waals surface area (Å²) in [7, 11) is 2.62. The van der Waals surface area contributed by atoms with Crippen molar-refractivity contribution in [3.63, 3.8) is 0 Å². The molecule has 0 radical (unpaired) electrons. The zero-order valence-electron chi connectivity index (χ0n) is 22.2. The molecule has 12 nitrogen and oxygen atoms in total. The van der Waals surface area contributed by atoms with Crippen LogP contribution in [0.1, 0.15) is 68.8 Å². The second kappa shape index (κ2) is 10.2. The summed E-state index contributed by atoms with van der Waals surface area (Å²) < 4.78 is 22.1. The third kappa shape index (κ3) is 4.28. The van der Waals surface area contributed by atoms with Crippen molar-refractivity contribution in [2.24, 2.45) is 5.73 Å². The molecule has 2 aromatic rings. The second-order valence-corrected chi connectivity index (χ2v) is 10.4. The van der Waals surface area contributed by atoms with E-state index in [2.05, 4.69) is 0 Å². The van der Waals surface area contributed by atoms with Crippen LogP contribution in [-0.2, 0) is 25.4 Å². The summed E-state index contributed by atoms with van der Waals surface area (Å²) >= 11 is 0. The first kappa shape index (κ1) is 28.1. The molecule has 0 amide bonds. The summed E-state index contributed by atoms with van der Waals surface area (Å²) in [4.78, 5) is 40.2. The molecule has 3 aliphatic rings. The van der Waals surface area contributed by atoms with Gasteiger partial charge in [0.15, 0.2) is 17.9 Å². The number of rotatable bonds is 6. The predicted octanol–water partition coefficient (Wildman–Crippen LogP) is 0.655. The molecule has 214 valence electrons. The zero-order chi connectivity index (χ0) is 29.1. The molecule has 1 saturated heterocycles. The van der Waals surface area contributed by atoms with E-state index in [0.29, 0.717) is 0 Å². The lowest BCUT2D eigenvalue weighted by Crippen LogP contribution is -2.53. The van der Waals surface area contributed by atoms with Crippen LogP contribution < -0.4 is 10.5 Å². The van der Waals surface area contributed by atoms with Crippen LogP contribution in [0.2, 0.25) is 0 Å². The number of phenols is 2. The number of Topliss-reactive ketones (excluding diaryl/α,β-unsaturated/α-hetero) is 1. The zero-order valence-corrected chi connectivity index (χ0v) is 22.2. The van der Waals surface area contributed by atoms with Crippen LogP contribution in [0, 0.1) is 0 Å². The number of ketones is 3. The van der Waals surface area contributed by atoms with Crippen LogP contribution in [0.4, 0.5) is 0 Å². The van der Waals surface area contributed by atoms with E-state index in [-0.39, 0.29) is 40.8 Å². The first-order valence-electron chi connectivity index (χ1n) is 12.8. The summed E-state index contributed by atoms with van der Waals surface area (Å²) in [5.41, 5.74) is 2.75. The Morgan fingerprint density at radius 1 is 1.12 bits per heavy atom. The van der Waals surface area contributed by atoms with Gasteiger partial charge in [-0.05, 0) is 13.0 Å². The highest BCUT2D eigenvalue weighted by Gasteiger charge is 2.50. The minimum absolute atomic E-state index is 0.0297. The van der Waals surface area contributed by atoms with Crippen LogP contribution in [0.15, 0.2) is 18.2 Å². The van der Waals surface area contributed by atoms with Crippen molar-refractivity contribution in [2.45, 2.75) is 62.4 Å². The molecule has 2 aliphatic carbocycles. The Balaban J connectivity index is 1.68. The van der Waals surface area contributed by atoms with Gasteiger partial charge >= 0.3 is 0 Å². The molecule has 0 bridgehead atoms. The molecule has 5 rings (SSSR count). The fourth-order valence-electron chi connectivity index (χ4n) is 5.87. The van der Waals surface area contributed by atoms with Gasteiger partial charge in [-0.2, -0.15) is 0 Å². The van der Waals surface area contributed by atoms with Crippen LogP contribution >= 0.6 is 0 Å². The lowest BCUT2D eigenvalue weighted by molar-refractivity contribution is -0.247. The van der Waals surface area contributed by atoms with Gasteiger partial charge in [-0.25, -0.2) is 0 Å². The number of carbonyl (C=O) groups is 3. The number of ether oxygens (including phenoxy) is 4. The van der Waals surface area contributed by atoms with Crippen molar-refractivity contribution in [2.75, 3.05) is 20.8 Å². The fraction of sp³-hybridized carbons (Fsp3) is 0.464. The fourth-order valence-corrected chi connectivity index (χ4v) is 5.87. The standard InChI is InChI=1S/C28H31NO11/c1-11-23(31)14(29)7-18(39-11)40-16-9-28(36,17(30)10-37-2)8-13-20(16)27(35)22-21(25(13)33)24(32)12-5-4-6-15(38-3)19(12)26(22)34/h4-6,11,14,16,18,23,31,33,35-36H,7-10,29H2,1-3H3/t11-,14-,16-,18?,23+,28-/m0/s1. The molecule has 0 aromatic heterocycles. The number of benzene rings is 2. The molecular weight excluding hydrogens is 526 g/mol. The monoisotopic (exact) mass is 557 g/mol. The van der Waals surface area contributed by atoms with Gasteiger partial charge in [-0.1, -0.05) is 12.1 Å². The quantitative estimate of drug-likeness (QED) is 0.266. The predicted molar refractivity (Wildman–Crippen MR) is 137 cm³/mol. The SMILES string of the molecule is COCC(=O)[C@]1(O)Cc2c(O)c3c(c(O)c2[C@@H](OC2C[C@H](N)[C@H](O)[C@H](C)O2)C1)C(=O)c1c(OC)cccc1C3=O. The summed E-state index contributed by atoms with van der Waals surface area (Å²) in [6.45, 7) is 1.15. The number of aliphatic hydroxyl groups excluding tert-OH is 1. The maximum atomic E-state index is 13.7. The number of carbonyl (C=O) groups excluding carboxylic acids is 3. The average Bonchev–Trinajstić information content (AvgIpc) is 2.91. The third-order valence-corrected chi connectivity index (χ3v) is 7.94.